The Kier molecular flexibility index (Phi) is 5.58. The van der Waals surface area contributed by atoms with E-state index in [9.17, 15) is 0 Å². The molecule has 1 heterocycles. The van der Waals surface area contributed by atoms with Crippen LogP contribution in [-0.2, 0) is 5.88 Å². The van der Waals surface area contributed by atoms with Crippen molar-refractivity contribution in [2.45, 2.75) is 26.1 Å². The average molecular weight is 258 g/mol. The summed E-state index contributed by atoms with van der Waals surface area (Å²) >= 11 is 7.32. The number of anilines is 1. The SMILES string of the molecule is CC(C)CN(CCC#N)c1nc(CCl)cs1. The molecule has 5 heteroatoms. The zero-order valence-electron chi connectivity index (χ0n) is 9.61. The van der Waals surface area contributed by atoms with Gasteiger partial charge in [0.05, 0.1) is 24.1 Å². The summed E-state index contributed by atoms with van der Waals surface area (Å²) in [5.74, 6) is 1.01. The molecule has 0 aliphatic carbocycles. The number of nitriles is 1. The van der Waals surface area contributed by atoms with Gasteiger partial charge in [0.1, 0.15) is 0 Å². The first-order chi connectivity index (χ1) is 7.67. The Morgan fingerprint density at radius 3 is 2.88 bits per heavy atom. The Morgan fingerprint density at radius 1 is 1.62 bits per heavy atom. The lowest BCUT2D eigenvalue weighted by atomic mass is 10.2. The van der Waals surface area contributed by atoms with Crippen molar-refractivity contribution in [1.82, 2.24) is 4.98 Å². The number of rotatable bonds is 6. The maximum atomic E-state index is 8.63. The van der Waals surface area contributed by atoms with E-state index in [-0.39, 0.29) is 0 Å². The molecule has 0 bridgehead atoms. The molecule has 1 rings (SSSR count). The number of hydrogen-bond donors (Lipinski definition) is 0. The number of hydrogen-bond acceptors (Lipinski definition) is 4. The summed E-state index contributed by atoms with van der Waals surface area (Å²) in [6.45, 7) is 5.99. The highest BCUT2D eigenvalue weighted by Crippen LogP contribution is 2.22. The van der Waals surface area contributed by atoms with Crippen LogP contribution in [0.5, 0.6) is 0 Å². The molecule has 0 N–H and O–H groups in total. The molecule has 1 aromatic rings. The van der Waals surface area contributed by atoms with Crippen molar-refractivity contribution in [3.8, 4) is 6.07 Å². The summed E-state index contributed by atoms with van der Waals surface area (Å²) in [5.41, 5.74) is 0.910. The molecule has 1 aromatic heterocycles. The van der Waals surface area contributed by atoms with Gasteiger partial charge in [0, 0.05) is 18.5 Å². The van der Waals surface area contributed by atoms with Crippen molar-refractivity contribution in [3.05, 3.63) is 11.1 Å². The molecule has 0 spiro atoms. The largest absolute Gasteiger partial charge is 0.347 e. The number of thiazole rings is 1. The Hall–Kier alpha value is -0.790. The van der Waals surface area contributed by atoms with Gasteiger partial charge in [-0.2, -0.15) is 5.26 Å². The van der Waals surface area contributed by atoms with Crippen molar-refractivity contribution < 1.29 is 0 Å². The summed E-state index contributed by atoms with van der Waals surface area (Å²) in [7, 11) is 0. The fraction of sp³-hybridized carbons (Fsp3) is 0.636. The molecular formula is C11H16ClN3S. The molecule has 88 valence electrons. The van der Waals surface area contributed by atoms with E-state index in [0.29, 0.717) is 18.2 Å². The molecule has 0 amide bonds. The van der Waals surface area contributed by atoms with Gasteiger partial charge in [-0.15, -0.1) is 22.9 Å². The lowest BCUT2D eigenvalue weighted by Gasteiger charge is -2.22. The highest BCUT2D eigenvalue weighted by Gasteiger charge is 2.12. The number of halogens is 1. The van der Waals surface area contributed by atoms with Gasteiger partial charge in [0.2, 0.25) is 0 Å². The number of aromatic nitrogens is 1. The molecular weight excluding hydrogens is 242 g/mol. The van der Waals surface area contributed by atoms with Gasteiger partial charge in [-0.1, -0.05) is 13.8 Å². The highest BCUT2D eigenvalue weighted by atomic mass is 35.5. The Bertz CT molecular complexity index is 356. The lowest BCUT2D eigenvalue weighted by molar-refractivity contribution is 0.611. The molecule has 0 aliphatic rings. The third kappa shape index (κ3) is 3.99. The second-order valence-corrected chi connectivity index (χ2v) is 5.11. The third-order valence-electron chi connectivity index (χ3n) is 2.03. The van der Waals surface area contributed by atoms with Crippen LogP contribution in [0.25, 0.3) is 0 Å². The maximum absolute atomic E-state index is 8.63. The quantitative estimate of drug-likeness (QED) is 0.735. The van der Waals surface area contributed by atoms with E-state index in [1.165, 1.54) is 0 Å². The van der Waals surface area contributed by atoms with Gasteiger partial charge in [-0.25, -0.2) is 4.98 Å². The third-order valence-corrected chi connectivity index (χ3v) is 3.25. The smallest absolute Gasteiger partial charge is 0.185 e. The fourth-order valence-corrected chi connectivity index (χ4v) is 2.48. The number of nitrogens with zero attached hydrogens (tertiary/aromatic N) is 3. The molecule has 0 saturated carbocycles. The van der Waals surface area contributed by atoms with Crippen LogP contribution >= 0.6 is 22.9 Å². The first kappa shape index (κ1) is 13.3. The van der Waals surface area contributed by atoms with Crippen LogP contribution in [0.2, 0.25) is 0 Å². The second kappa shape index (κ2) is 6.72. The topological polar surface area (TPSA) is 39.9 Å². The summed E-state index contributed by atoms with van der Waals surface area (Å²) in [6, 6.07) is 2.17. The van der Waals surface area contributed by atoms with Crippen LogP contribution in [0.1, 0.15) is 26.0 Å². The van der Waals surface area contributed by atoms with Crippen LogP contribution in [0.3, 0.4) is 0 Å². The molecule has 0 atom stereocenters. The van der Waals surface area contributed by atoms with Gasteiger partial charge in [0.25, 0.3) is 0 Å². The molecule has 0 unspecified atom stereocenters. The summed E-state index contributed by atoms with van der Waals surface area (Å²) < 4.78 is 0. The van der Waals surface area contributed by atoms with Gasteiger partial charge in [-0.3, -0.25) is 0 Å². The fourth-order valence-electron chi connectivity index (χ4n) is 1.39. The second-order valence-electron chi connectivity index (χ2n) is 4.00. The average Bonchev–Trinajstić information content (AvgIpc) is 2.72. The molecule has 0 radical (unpaired) electrons. The molecule has 0 fully saturated rings. The van der Waals surface area contributed by atoms with Crippen molar-refractivity contribution in [3.63, 3.8) is 0 Å². The van der Waals surface area contributed by atoms with Gasteiger partial charge < -0.3 is 4.90 Å². The van der Waals surface area contributed by atoms with E-state index in [2.05, 4.69) is 29.8 Å². The van der Waals surface area contributed by atoms with E-state index < -0.39 is 0 Å². The van der Waals surface area contributed by atoms with E-state index in [1.807, 2.05) is 5.38 Å². The summed E-state index contributed by atoms with van der Waals surface area (Å²) in [6.07, 6.45) is 0.530. The Morgan fingerprint density at radius 2 is 2.38 bits per heavy atom. The molecule has 16 heavy (non-hydrogen) atoms. The van der Waals surface area contributed by atoms with Crippen LogP contribution in [0.4, 0.5) is 5.13 Å². The predicted octanol–water partition coefficient (Wildman–Crippen LogP) is 3.26. The summed E-state index contributed by atoms with van der Waals surface area (Å²) in [5, 5.41) is 11.6. The van der Waals surface area contributed by atoms with Crippen molar-refractivity contribution in [1.29, 1.82) is 5.26 Å². The minimum atomic E-state index is 0.449. The summed E-state index contributed by atoms with van der Waals surface area (Å²) in [4.78, 5) is 6.60. The molecule has 0 aliphatic heterocycles. The highest BCUT2D eigenvalue weighted by molar-refractivity contribution is 7.13. The first-order valence-electron chi connectivity index (χ1n) is 5.29. The molecule has 0 saturated heterocycles. The predicted molar refractivity (Wildman–Crippen MR) is 69.0 cm³/mol. The van der Waals surface area contributed by atoms with Gasteiger partial charge >= 0.3 is 0 Å². The normalized spacial score (nSPS) is 10.4. The van der Waals surface area contributed by atoms with E-state index >= 15 is 0 Å². The van der Waals surface area contributed by atoms with Crippen molar-refractivity contribution >= 4 is 28.1 Å². The Balaban J connectivity index is 2.70. The first-order valence-corrected chi connectivity index (χ1v) is 6.71. The van der Waals surface area contributed by atoms with Crippen LogP contribution in [-0.4, -0.2) is 18.1 Å². The van der Waals surface area contributed by atoms with Crippen LogP contribution in [0.15, 0.2) is 5.38 Å². The van der Waals surface area contributed by atoms with Gasteiger partial charge in [0.15, 0.2) is 5.13 Å². The zero-order valence-corrected chi connectivity index (χ0v) is 11.2. The monoisotopic (exact) mass is 257 g/mol. The minimum absolute atomic E-state index is 0.449. The van der Waals surface area contributed by atoms with E-state index in [1.54, 1.807) is 11.3 Å². The zero-order chi connectivity index (χ0) is 12.0. The van der Waals surface area contributed by atoms with Crippen molar-refractivity contribution in [2.24, 2.45) is 5.92 Å². The standard InChI is InChI=1S/C11H16ClN3S/c1-9(2)7-15(5-3-4-13)11-14-10(6-12)8-16-11/h8-9H,3,5-7H2,1-2H3. The van der Waals surface area contributed by atoms with Crippen LogP contribution in [0, 0.1) is 17.2 Å². The van der Waals surface area contributed by atoms with Crippen LogP contribution < -0.4 is 4.90 Å². The molecule has 0 aromatic carbocycles. The number of alkyl halides is 1. The van der Waals surface area contributed by atoms with E-state index in [0.717, 1.165) is 23.9 Å². The maximum Gasteiger partial charge on any atom is 0.185 e. The van der Waals surface area contributed by atoms with Gasteiger partial charge in [-0.05, 0) is 5.92 Å². The van der Waals surface area contributed by atoms with E-state index in [4.69, 9.17) is 16.9 Å². The lowest BCUT2D eigenvalue weighted by Crippen LogP contribution is -2.28. The molecule has 3 nitrogen and oxygen atoms in total. The minimum Gasteiger partial charge on any atom is -0.347 e. The Labute approximate surface area is 106 Å². The van der Waals surface area contributed by atoms with Crippen molar-refractivity contribution in [2.75, 3.05) is 18.0 Å².